The largest absolute Gasteiger partial charge is 0.315 e. The van der Waals surface area contributed by atoms with Crippen molar-refractivity contribution in [2.45, 2.75) is 32.2 Å². The summed E-state index contributed by atoms with van der Waals surface area (Å²) in [6.45, 7) is 3.83. The fourth-order valence-electron chi connectivity index (χ4n) is 2.46. The Morgan fingerprint density at radius 2 is 2.29 bits per heavy atom. The highest BCUT2D eigenvalue weighted by Gasteiger charge is 2.32. The van der Waals surface area contributed by atoms with Gasteiger partial charge in [0.1, 0.15) is 0 Å². The number of likely N-dealkylation sites (N-methyl/N-ethyl adjacent to an activating group) is 1. The number of anilines is 1. The zero-order valence-electron chi connectivity index (χ0n) is 12.0. The second-order valence-electron chi connectivity index (χ2n) is 5.03. The van der Waals surface area contributed by atoms with Crippen LogP contribution in [0.4, 0.5) is 10.1 Å². The van der Waals surface area contributed by atoms with Crippen molar-refractivity contribution >= 4 is 15.9 Å². The third-order valence-electron chi connectivity index (χ3n) is 3.52. The molecule has 0 bridgehead atoms. The molecule has 1 saturated heterocycles. The minimum Gasteiger partial charge on any atom is -0.315 e. The van der Waals surface area contributed by atoms with Gasteiger partial charge in [0.15, 0.2) is 5.82 Å². The molecule has 8 heteroatoms. The average Bonchev–Trinajstić information content (AvgIpc) is 2.47. The SMILES string of the molecule is CCNCC1CCCCN1S(=O)(=O)Nc1ccncc1F. The molecule has 118 valence electrons. The molecule has 6 nitrogen and oxygen atoms in total. The summed E-state index contributed by atoms with van der Waals surface area (Å²) in [5.41, 5.74) is -0.0715. The van der Waals surface area contributed by atoms with Crippen LogP contribution in [0.3, 0.4) is 0 Å². The minimum absolute atomic E-state index is 0.0715. The summed E-state index contributed by atoms with van der Waals surface area (Å²) in [5.74, 6) is -0.679. The van der Waals surface area contributed by atoms with Crippen molar-refractivity contribution in [2.24, 2.45) is 0 Å². The summed E-state index contributed by atoms with van der Waals surface area (Å²) in [6, 6.07) is 1.22. The molecule has 1 fully saturated rings. The van der Waals surface area contributed by atoms with Crippen LogP contribution >= 0.6 is 0 Å². The van der Waals surface area contributed by atoms with Crippen LogP contribution in [0.15, 0.2) is 18.5 Å². The van der Waals surface area contributed by atoms with E-state index in [2.05, 4.69) is 15.0 Å². The lowest BCUT2D eigenvalue weighted by atomic mass is 10.1. The molecule has 21 heavy (non-hydrogen) atoms. The highest BCUT2D eigenvalue weighted by molar-refractivity contribution is 7.90. The highest BCUT2D eigenvalue weighted by Crippen LogP contribution is 2.22. The van der Waals surface area contributed by atoms with E-state index >= 15 is 0 Å². The zero-order chi connectivity index (χ0) is 15.3. The van der Waals surface area contributed by atoms with Crippen molar-refractivity contribution in [1.29, 1.82) is 0 Å². The maximum absolute atomic E-state index is 13.6. The number of rotatable bonds is 6. The Hall–Kier alpha value is -1.25. The van der Waals surface area contributed by atoms with E-state index < -0.39 is 16.0 Å². The Labute approximate surface area is 124 Å². The monoisotopic (exact) mass is 316 g/mol. The Kier molecular flexibility index (Phi) is 5.49. The zero-order valence-corrected chi connectivity index (χ0v) is 12.9. The lowest BCUT2D eigenvalue weighted by Gasteiger charge is -2.34. The lowest BCUT2D eigenvalue weighted by Crippen LogP contribution is -2.50. The van der Waals surface area contributed by atoms with E-state index in [1.54, 1.807) is 0 Å². The van der Waals surface area contributed by atoms with Crippen LogP contribution in [0.1, 0.15) is 26.2 Å². The Morgan fingerprint density at radius 1 is 1.48 bits per heavy atom. The second-order valence-corrected chi connectivity index (χ2v) is 6.65. The van der Waals surface area contributed by atoms with Crippen molar-refractivity contribution in [3.8, 4) is 0 Å². The molecule has 1 aliphatic rings. The van der Waals surface area contributed by atoms with Crippen LogP contribution in [-0.2, 0) is 10.2 Å². The van der Waals surface area contributed by atoms with E-state index in [1.807, 2.05) is 6.92 Å². The van der Waals surface area contributed by atoms with Crippen LogP contribution in [-0.4, -0.2) is 43.4 Å². The molecule has 0 saturated carbocycles. The second kappa shape index (κ2) is 7.15. The molecule has 1 aliphatic heterocycles. The van der Waals surface area contributed by atoms with E-state index in [4.69, 9.17) is 0 Å². The molecule has 1 aromatic rings. The molecule has 1 unspecified atom stereocenters. The fourth-order valence-corrected chi connectivity index (χ4v) is 3.96. The molecular formula is C13H21FN4O2S. The maximum Gasteiger partial charge on any atom is 0.302 e. The summed E-state index contributed by atoms with van der Waals surface area (Å²) >= 11 is 0. The Bertz CT molecular complexity index is 567. The molecule has 0 aromatic carbocycles. The van der Waals surface area contributed by atoms with Gasteiger partial charge in [-0.25, -0.2) is 4.39 Å². The standard InChI is InChI=1S/C13H21FN4O2S/c1-2-15-9-11-5-3-4-8-18(11)21(19,20)17-13-6-7-16-10-12(13)14/h6-7,10-11,15H,2-5,8-9H2,1H3,(H,16,17). The van der Waals surface area contributed by atoms with Crippen molar-refractivity contribution in [3.05, 3.63) is 24.3 Å². The van der Waals surface area contributed by atoms with Gasteiger partial charge >= 0.3 is 10.2 Å². The van der Waals surface area contributed by atoms with Gasteiger partial charge < -0.3 is 5.32 Å². The summed E-state index contributed by atoms with van der Waals surface area (Å²) in [7, 11) is -3.76. The smallest absolute Gasteiger partial charge is 0.302 e. The number of pyridine rings is 1. The fraction of sp³-hybridized carbons (Fsp3) is 0.615. The average molecular weight is 316 g/mol. The number of hydrogen-bond acceptors (Lipinski definition) is 4. The topological polar surface area (TPSA) is 74.3 Å². The molecule has 0 spiro atoms. The van der Waals surface area contributed by atoms with E-state index in [1.165, 1.54) is 16.6 Å². The van der Waals surface area contributed by atoms with Crippen LogP contribution in [0.5, 0.6) is 0 Å². The quantitative estimate of drug-likeness (QED) is 0.830. The van der Waals surface area contributed by atoms with Gasteiger partial charge in [0.2, 0.25) is 0 Å². The van der Waals surface area contributed by atoms with Crippen LogP contribution in [0, 0.1) is 5.82 Å². The first-order chi connectivity index (χ1) is 10.0. The Morgan fingerprint density at radius 3 is 3.00 bits per heavy atom. The van der Waals surface area contributed by atoms with Gasteiger partial charge in [-0.15, -0.1) is 0 Å². The van der Waals surface area contributed by atoms with E-state index in [0.717, 1.165) is 32.0 Å². The maximum atomic E-state index is 13.6. The molecule has 0 amide bonds. The van der Waals surface area contributed by atoms with Gasteiger partial charge in [-0.2, -0.15) is 12.7 Å². The van der Waals surface area contributed by atoms with E-state index in [0.29, 0.717) is 13.1 Å². The van der Waals surface area contributed by atoms with Crippen molar-refractivity contribution in [2.75, 3.05) is 24.4 Å². The summed E-state index contributed by atoms with van der Waals surface area (Å²) in [4.78, 5) is 3.61. The third kappa shape index (κ3) is 4.12. The van der Waals surface area contributed by atoms with Crippen molar-refractivity contribution in [3.63, 3.8) is 0 Å². The molecule has 2 N–H and O–H groups in total. The normalized spacial score (nSPS) is 20.4. The predicted molar refractivity (Wildman–Crippen MR) is 79.6 cm³/mol. The van der Waals surface area contributed by atoms with Crippen molar-refractivity contribution in [1.82, 2.24) is 14.6 Å². The number of piperidine rings is 1. The molecule has 2 rings (SSSR count). The number of hydrogen-bond donors (Lipinski definition) is 2. The van der Waals surface area contributed by atoms with Crippen LogP contribution in [0.2, 0.25) is 0 Å². The predicted octanol–water partition coefficient (Wildman–Crippen LogP) is 1.34. The van der Waals surface area contributed by atoms with E-state index in [-0.39, 0.29) is 11.7 Å². The van der Waals surface area contributed by atoms with Gasteiger partial charge in [-0.3, -0.25) is 9.71 Å². The molecule has 0 aliphatic carbocycles. The summed E-state index contributed by atoms with van der Waals surface area (Å²) in [5, 5.41) is 3.18. The summed E-state index contributed by atoms with van der Waals surface area (Å²) in [6.07, 6.45) is 4.98. The number of aromatic nitrogens is 1. The first-order valence-electron chi connectivity index (χ1n) is 7.14. The number of halogens is 1. The van der Waals surface area contributed by atoms with Crippen molar-refractivity contribution < 1.29 is 12.8 Å². The first kappa shape index (κ1) is 16.1. The van der Waals surface area contributed by atoms with Crippen LogP contribution < -0.4 is 10.0 Å². The van der Waals surface area contributed by atoms with Gasteiger partial charge in [0, 0.05) is 25.3 Å². The molecule has 2 heterocycles. The molecular weight excluding hydrogens is 295 g/mol. The first-order valence-corrected chi connectivity index (χ1v) is 8.58. The van der Waals surface area contributed by atoms with Gasteiger partial charge in [-0.1, -0.05) is 13.3 Å². The van der Waals surface area contributed by atoms with Gasteiger partial charge in [-0.05, 0) is 25.5 Å². The molecule has 1 aromatic heterocycles. The third-order valence-corrected chi connectivity index (χ3v) is 5.10. The van der Waals surface area contributed by atoms with Gasteiger partial charge in [0.25, 0.3) is 0 Å². The summed E-state index contributed by atoms with van der Waals surface area (Å²) < 4.78 is 42.3. The van der Waals surface area contributed by atoms with Crippen LogP contribution in [0.25, 0.3) is 0 Å². The highest BCUT2D eigenvalue weighted by atomic mass is 32.2. The number of nitrogens with one attached hydrogen (secondary N) is 2. The van der Waals surface area contributed by atoms with Gasteiger partial charge in [0.05, 0.1) is 11.9 Å². The number of nitrogens with zero attached hydrogens (tertiary/aromatic N) is 2. The van der Waals surface area contributed by atoms with E-state index in [9.17, 15) is 12.8 Å². The molecule has 0 radical (unpaired) electrons. The lowest BCUT2D eigenvalue weighted by molar-refractivity contribution is 0.248. The Balaban J connectivity index is 2.14. The molecule has 1 atom stereocenters. The minimum atomic E-state index is -3.76.